The Labute approximate surface area is 119 Å². The van der Waals surface area contributed by atoms with Crippen LogP contribution < -0.4 is 11.1 Å². The largest absolute Gasteiger partial charge is 0.399 e. The number of carbonyl (C=O) groups is 1. The number of hydrogen-bond donors (Lipinski definition) is 3. The Hall–Kier alpha value is -1.26. The molecule has 2 rings (SSSR count). The molecule has 0 heterocycles. The first kappa shape index (κ1) is 15.8. The van der Waals surface area contributed by atoms with Crippen LogP contribution in [-0.4, -0.2) is 23.7 Å². The molecule has 5 heteroatoms. The summed E-state index contributed by atoms with van der Waals surface area (Å²) in [5.41, 5.74) is 7.24. The Morgan fingerprint density at radius 3 is 2.58 bits per heavy atom. The van der Waals surface area contributed by atoms with Crippen LogP contribution in [-0.2, 0) is 11.2 Å². The number of aliphatic hydroxyl groups is 1. The maximum atomic E-state index is 11.7. The first-order valence-corrected chi connectivity index (χ1v) is 6.44. The lowest BCUT2D eigenvalue weighted by molar-refractivity contribution is -0.120. The SMILES string of the molecule is Cl.Nc1ccc(CC(=O)NCC2CCCC2O)cc1. The lowest BCUT2D eigenvalue weighted by Crippen LogP contribution is -2.33. The lowest BCUT2D eigenvalue weighted by atomic mass is 10.1. The van der Waals surface area contributed by atoms with E-state index in [2.05, 4.69) is 5.32 Å². The van der Waals surface area contributed by atoms with Gasteiger partial charge in [-0.05, 0) is 30.5 Å². The van der Waals surface area contributed by atoms with Gasteiger partial charge in [0.15, 0.2) is 0 Å². The molecule has 0 bridgehead atoms. The minimum absolute atomic E-state index is 0. The summed E-state index contributed by atoms with van der Waals surface area (Å²) in [6, 6.07) is 7.31. The molecule has 2 unspecified atom stereocenters. The van der Waals surface area contributed by atoms with Crippen LogP contribution in [0.15, 0.2) is 24.3 Å². The van der Waals surface area contributed by atoms with Crippen LogP contribution in [0.5, 0.6) is 0 Å². The van der Waals surface area contributed by atoms with E-state index in [1.807, 2.05) is 12.1 Å². The molecule has 0 saturated heterocycles. The van der Waals surface area contributed by atoms with E-state index in [0.717, 1.165) is 24.8 Å². The van der Waals surface area contributed by atoms with E-state index in [-0.39, 0.29) is 30.3 Å². The summed E-state index contributed by atoms with van der Waals surface area (Å²) < 4.78 is 0. The third-order valence-corrected chi connectivity index (χ3v) is 3.52. The van der Waals surface area contributed by atoms with Crippen molar-refractivity contribution in [3.05, 3.63) is 29.8 Å². The van der Waals surface area contributed by atoms with Crippen molar-refractivity contribution < 1.29 is 9.90 Å². The Kier molecular flexibility index (Phi) is 6.12. The van der Waals surface area contributed by atoms with Gasteiger partial charge in [-0.2, -0.15) is 0 Å². The number of anilines is 1. The number of hydrogen-bond acceptors (Lipinski definition) is 3. The second kappa shape index (κ2) is 7.36. The van der Waals surface area contributed by atoms with Crippen LogP contribution in [0.4, 0.5) is 5.69 Å². The maximum Gasteiger partial charge on any atom is 0.224 e. The molecule has 1 amide bonds. The molecule has 1 aromatic carbocycles. The molecule has 2 atom stereocenters. The molecule has 4 N–H and O–H groups in total. The van der Waals surface area contributed by atoms with Gasteiger partial charge in [-0.15, -0.1) is 12.4 Å². The number of halogens is 1. The van der Waals surface area contributed by atoms with Crippen LogP contribution >= 0.6 is 12.4 Å². The van der Waals surface area contributed by atoms with Crippen molar-refractivity contribution in [2.24, 2.45) is 5.92 Å². The van der Waals surface area contributed by atoms with E-state index in [0.29, 0.717) is 18.7 Å². The van der Waals surface area contributed by atoms with Gasteiger partial charge in [0.2, 0.25) is 5.91 Å². The molecule has 1 aliphatic rings. The highest BCUT2D eigenvalue weighted by molar-refractivity contribution is 5.85. The Balaban J connectivity index is 0.00000180. The normalized spacial score (nSPS) is 21.7. The second-order valence-corrected chi connectivity index (χ2v) is 4.98. The van der Waals surface area contributed by atoms with E-state index in [1.165, 1.54) is 0 Å². The predicted octanol–water partition coefficient (Wildman–Crippen LogP) is 1.51. The zero-order chi connectivity index (χ0) is 13.0. The van der Waals surface area contributed by atoms with Crippen LogP contribution in [0.25, 0.3) is 0 Å². The molecule has 0 radical (unpaired) electrons. The smallest absolute Gasteiger partial charge is 0.224 e. The molecule has 1 saturated carbocycles. The van der Waals surface area contributed by atoms with Crippen LogP contribution in [0.3, 0.4) is 0 Å². The van der Waals surface area contributed by atoms with Gasteiger partial charge in [-0.1, -0.05) is 18.6 Å². The highest BCUT2D eigenvalue weighted by Gasteiger charge is 2.25. The summed E-state index contributed by atoms with van der Waals surface area (Å²) in [6.07, 6.45) is 3.03. The van der Waals surface area contributed by atoms with Crippen LogP contribution in [0, 0.1) is 5.92 Å². The van der Waals surface area contributed by atoms with Crippen molar-refractivity contribution in [2.75, 3.05) is 12.3 Å². The number of amides is 1. The van der Waals surface area contributed by atoms with Crippen molar-refractivity contribution in [1.29, 1.82) is 0 Å². The number of nitrogen functional groups attached to an aromatic ring is 1. The molecular weight excluding hydrogens is 264 g/mol. The van der Waals surface area contributed by atoms with E-state index in [4.69, 9.17) is 5.73 Å². The number of carbonyl (C=O) groups excluding carboxylic acids is 1. The third kappa shape index (κ3) is 4.73. The minimum Gasteiger partial charge on any atom is -0.399 e. The number of rotatable bonds is 4. The highest BCUT2D eigenvalue weighted by Crippen LogP contribution is 2.24. The third-order valence-electron chi connectivity index (χ3n) is 3.52. The van der Waals surface area contributed by atoms with Gasteiger partial charge in [-0.25, -0.2) is 0 Å². The summed E-state index contributed by atoms with van der Waals surface area (Å²) >= 11 is 0. The monoisotopic (exact) mass is 284 g/mol. The van der Waals surface area contributed by atoms with E-state index in [9.17, 15) is 9.90 Å². The Morgan fingerprint density at radius 1 is 1.32 bits per heavy atom. The zero-order valence-electron chi connectivity index (χ0n) is 10.8. The lowest BCUT2D eigenvalue weighted by Gasteiger charge is -2.15. The summed E-state index contributed by atoms with van der Waals surface area (Å²) in [5, 5.41) is 12.5. The number of nitrogens with one attached hydrogen (secondary N) is 1. The summed E-state index contributed by atoms with van der Waals surface area (Å²) in [7, 11) is 0. The van der Waals surface area contributed by atoms with Gasteiger partial charge in [0, 0.05) is 18.2 Å². The average molecular weight is 285 g/mol. The van der Waals surface area contributed by atoms with Crippen LogP contribution in [0.2, 0.25) is 0 Å². The van der Waals surface area contributed by atoms with Gasteiger partial charge in [-0.3, -0.25) is 4.79 Å². The van der Waals surface area contributed by atoms with E-state index in [1.54, 1.807) is 12.1 Å². The number of benzene rings is 1. The van der Waals surface area contributed by atoms with Gasteiger partial charge >= 0.3 is 0 Å². The van der Waals surface area contributed by atoms with E-state index >= 15 is 0 Å². The Morgan fingerprint density at radius 2 is 2.00 bits per heavy atom. The van der Waals surface area contributed by atoms with Crippen molar-refractivity contribution >= 4 is 24.0 Å². The summed E-state index contributed by atoms with van der Waals surface area (Å²) in [5.74, 6) is 0.222. The average Bonchev–Trinajstić information content (AvgIpc) is 2.75. The fourth-order valence-corrected chi connectivity index (χ4v) is 2.38. The fourth-order valence-electron chi connectivity index (χ4n) is 2.38. The molecule has 1 aromatic rings. The Bertz CT molecular complexity index is 408. The minimum atomic E-state index is -0.248. The molecule has 0 spiro atoms. The van der Waals surface area contributed by atoms with Gasteiger partial charge in [0.05, 0.1) is 12.5 Å². The van der Waals surface area contributed by atoms with Gasteiger partial charge < -0.3 is 16.2 Å². The predicted molar refractivity (Wildman–Crippen MR) is 78.2 cm³/mol. The van der Waals surface area contributed by atoms with Crippen molar-refractivity contribution in [3.8, 4) is 0 Å². The molecule has 106 valence electrons. The zero-order valence-corrected chi connectivity index (χ0v) is 11.7. The maximum absolute atomic E-state index is 11.7. The van der Waals surface area contributed by atoms with Gasteiger partial charge in [0.25, 0.3) is 0 Å². The second-order valence-electron chi connectivity index (χ2n) is 4.98. The number of nitrogens with two attached hydrogens (primary N) is 1. The van der Waals surface area contributed by atoms with Crippen LogP contribution in [0.1, 0.15) is 24.8 Å². The summed E-state index contributed by atoms with van der Waals surface area (Å²) in [4.78, 5) is 11.7. The molecule has 0 aliphatic heterocycles. The highest BCUT2D eigenvalue weighted by atomic mass is 35.5. The first-order valence-electron chi connectivity index (χ1n) is 6.44. The van der Waals surface area contributed by atoms with Crippen molar-refractivity contribution in [2.45, 2.75) is 31.8 Å². The quantitative estimate of drug-likeness (QED) is 0.734. The topological polar surface area (TPSA) is 75.4 Å². The molecule has 4 nitrogen and oxygen atoms in total. The first-order chi connectivity index (χ1) is 8.65. The van der Waals surface area contributed by atoms with Crippen molar-refractivity contribution in [1.82, 2.24) is 5.32 Å². The molecular formula is C14H21ClN2O2. The van der Waals surface area contributed by atoms with Crippen molar-refractivity contribution in [3.63, 3.8) is 0 Å². The molecule has 1 fully saturated rings. The van der Waals surface area contributed by atoms with Gasteiger partial charge in [0.1, 0.15) is 0 Å². The standard InChI is InChI=1S/C14H20N2O2.ClH/c15-12-6-4-10(5-7-12)8-14(18)16-9-11-2-1-3-13(11)17;/h4-7,11,13,17H,1-3,8-9,15H2,(H,16,18);1H. The fraction of sp³-hybridized carbons (Fsp3) is 0.500. The molecule has 1 aliphatic carbocycles. The van der Waals surface area contributed by atoms with E-state index < -0.39 is 0 Å². The molecule has 0 aromatic heterocycles. The summed E-state index contributed by atoms with van der Waals surface area (Å²) in [6.45, 7) is 0.578. The molecule has 19 heavy (non-hydrogen) atoms. The number of aliphatic hydroxyl groups excluding tert-OH is 1.